The molecule has 1 amide bonds. The van der Waals surface area contributed by atoms with Gasteiger partial charge in [0, 0.05) is 13.0 Å². The number of hydrogen-bond acceptors (Lipinski definition) is 5. The van der Waals surface area contributed by atoms with Crippen molar-refractivity contribution in [3.8, 4) is 0 Å². The SMILES string of the molecule is CC(C)CC(N)C(=O)NCCCC(=O)C=[NH2+].CCOC=O. The fourth-order valence-electron chi connectivity index (χ4n) is 1.37. The van der Waals surface area contributed by atoms with Gasteiger partial charge in [-0.1, -0.05) is 13.8 Å². The van der Waals surface area contributed by atoms with Crippen LogP contribution in [0.3, 0.4) is 0 Å². The second-order valence-electron chi connectivity index (χ2n) is 4.82. The summed E-state index contributed by atoms with van der Waals surface area (Å²) in [5, 5.41) is 7.73. The topological polar surface area (TPSA) is 124 Å². The Kier molecular flexibility index (Phi) is 15.0. The van der Waals surface area contributed by atoms with Gasteiger partial charge < -0.3 is 15.8 Å². The largest absolute Gasteiger partial charge is 0.468 e. The molecule has 122 valence electrons. The van der Waals surface area contributed by atoms with E-state index in [0.717, 1.165) is 6.21 Å². The number of rotatable bonds is 10. The van der Waals surface area contributed by atoms with Crippen molar-refractivity contribution in [3.63, 3.8) is 0 Å². The molecule has 7 nitrogen and oxygen atoms in total. The predicted octanol–water partition coefficient (Wildman–Crippen LogP) is -1.17. The average Bonchev–Trinajstić information content (AvgIpc) is 2.43. The maximum atomic E-state index is 11.4. The Morgan fingerprint density at radius 3 is 2.38 bits per heavy atom. The van der Waals surface area contributed by atoms with Crippen LogP contribution in [0.1, 0.15) is 40.0 Å². The molecule has 0 aromatic rings. The van der Waals surface area contributed by atoms with E-state index < -0.39 is 6.04 Å². The molecule has 0 saturated carbocycles. The van der Waals surface area contributed by atoms with E-state index in [9.17, 15) is 14.4 Å². The van der Waals surface area contributed by atoms with Crippen molar-refractivity contribution in [2.45, 2.75) is 46.1 Å². The highest BCUT2D eigenvalue weighted by Gasteiger charge is 2.14. The molecular formula is C14H28N3O4+. The lowest BCUT2D eigenvalue weighted by Crippen LogP contribution is -2.41. The Morgan fingerprint density at radius 1 is 1.38 bits per heavy atom. The third-order valence-electron chi connectivity index (χ3n) is 2.38. The molecule has 0 aliphatic heterocycles. The van der Waals surface area contributed by atoms with Crippen molar-refractivity contribution in [1.29, 1.82) is 0 Å². The quantitative estimate of drug-likeness (QED) is 0.266. The molecular weight excluding hydrogens is 274 g/mol. The van der Waals surface area contributed by atoms with Crippen molar-refractivity contribution < 1.29 is 24.5 Å². The molecule has 0 aliphatic carbocycles. The van der Waals surface area contributed by atoms with Crippen LogP contribution in [0.2, 0.25) is 0 Å². The number of ether oxygens (including phenoxy) is 1. The highest BCUT2D eigenvalue weighted by atomic mass is 16.5. The smallest absolute Gasteiger partial charge is 0.293 e. The maximum absolute atomic E-state index is 11.4. The molecule has 21 heavy (non-hydrogen) atoms. The van der Waals surface area contributed by atoms with E-state index in [1.54, 1.807) is 6.92 Å². The molecule has 5 N–H and O–H groups in total. The normalized spacial score (nSPS) is 10.9. The molecule has 1 unspecified atom stereocenters. The van der Waals surface area contributed by atoms with Crippen molar-refractivity contribution in [3.05, 3.63) is 0 Å². The van der Waals surface area contributed by atoms with Gasteiger partial charge in [0.15, 0.2) is 0 Å². The Balaban J connectivity index is 0. The standard InChI is InChI=1S/C11H21N3O2.C3H6O2/c1-8(2)6-10(13)11(16)14-5-3-4-9(15)7-12;1-2-5-3-4/h7-8,10,12H,3-6,13H2,1-2H3,(H,14,16);3H,2H2,1H3/p+1. The van der Waals surface area contributed by atoms with Gasteiger partial charge in [0.2, 0.25) is 17.9 Å². The van der Waals surface area contributed by atoms with E-state index in [1.807, 2.05) is 13.8 Å². The fraction of sp³-hybridized carbons (Fsp3) is 0.714. The van der Waals surface area contributed by atoms with E-state index in [1.165, 1.54) is 0 Å². The first kappa shape index (κ1) is 21.5. The van der Waals surface area contributed by atoms with Crippen LogP contribution in [-0.4, -0.2) is 43.6 Å². The lowest BCUT2D eigenvalue weighted by Gasteiger charge is -2.13. The minimum atomic E-state index is -0.461. The van der Waals surface area contributed by atoms with Crippen molar-refractivity contribution >= 4 is 24.4 Å². The lowest BCUT2D eigenvalue weighted by molar-refractivity contribution is -0.130. The maximum Gasteiger partial charge on any atom is 0.293 e. The molecule has 0 aliphatic rings. The van der Waals surface area contributed by atoms with Crippen LogP contribution in [0, 0.1) is 5.92 Å². The van der Waals surface area contributed by atoms with Gasteiger partial charge in [-0.25, -0.2) is 0 Å². The molecule has 0 spiro atoms. The van der Waals surface area contributed by atoms with Crippen LogP contribution in [0.25, 0.3) is 0 Å². The summed E-state index contributed by atoms with van der Waals surface area (Å²) in [4.78, 5) is 31.4. The fourth-order valence-corrected chi connectivity index (χ4v) is 1.37. The van der Waals surface area contributed by atoms with E-state index in [2.05, 4.69) is 10.1 Å². The highest BCUT2D eigenvalue weighted by Crippen LogP contribution is 2.02. The van der Waals surface area contributed by atoms with Crippen LogP contribution >= 0.6 is 0 Å². The Morgan fingerprint density at radius 2 is 2.00 bits per heavy atom. The Labute approximate surface area is 126 Å². The first-order valence-corrected chi connectivity index (χ1v) is 7.05. The van der Waals surface area contributed by atoms with Crippen molar-refractivity contribution in [2.75, 3.05) is 13.2 Å². The van der Waals surface area contributed by atoms with Gasteiger partial charge in [0.25, 0.3) is 6.47 Å². The summed E-state index contributed by atoms with van der Waals surface area (Å²) in [6.07, 6.45) is 2.66. The van der Waals surface area contributed by atoms with E-state index in [0.29, 0.717) is 44.8 Å². The zero-order valence-electron chi connectivity index (χ0n) is 13.1. The summed E-state index contributed by atoms with van der Waals surface area (Å²) in [5.41, 5.74) is 5.68. The number of nitrogens with two attached hydrogens (primary N) is 2. The van der Waals surface area contributed by atoms with Gasteiger partial charge in [0.1, 0.15) is 0 Å². The van der Waals surface area contributed by atoms with Gasteiger partial charge in [-0.2, -0.15) is 0 Å². The number of Topliss-reactive ketones (excluding diaryl/α,β-unsaturated/α-hetero) is 1. The Hall–Kier alpha value is -1.76. The van der Waals surface area contributed by atoms with Gasteiger partial charge in [-0.05, 0) is 25.7 Å². The number of nitrogens with one attached hydrogen (secondary N) is 1. The number of amides is 1. The van der Waals surface area contributed by atoms with Crippen LogP contribution in [0.15, 0.2) is 0 Å². The van der Waals surface area contributed by atoms with E-state index >= 15 is 0 Å². The molecule has 0 saturated heterocycles. The predicted molar refractivity (Wildman–Crippen MR) is 80.4 cm³/mol. The summed E-state index contributed by atoms with van der Waals surface area (Å²) >= 11 is 0. The molecule has 0 bridgehead atoms. The van der Waals surface area contributed by atoms with Crippen LogP contribution in [0.4, 0.5) is 0 Å². The zero-order valence-corrected chi connectivity index (χ0v) is 13.1. The molecule has 1 atom stereocenters. The second kappa shape index (κ2) is 14.6. The van der Waals surface area contributed by atoms with Crippen molar-refractivity contribution in [2.24, 2.45) is 11.7 Å². The lowest BCUT2D eigenvalue weighted by atomic mass is 10.0. The van der Waals surface area contributed by atoms with Crippen LogP contribution in [-0.2, 0) is 19.1 Å². The molecule has 0 aromatic carbocycles. The van der Waals surface area contributed by atoms with Crippen molar-refractivity contribution in [1.82, 2.24) is 5.32 Å². The van der Waals surface area contributed by atoms with Gasteiger partial charge in [0.05, 0.1) is 12.6 Å². The summed E-state index contributed by atoms with van der Waals surface area (Å²) in [5.74, 6) is 0.132. The molecule has 0 radical (unpaired) electrons. The summed E-state index contributed by atoms with van der Waals surface area (Å²) in [6, 6.07) is -0.461. The Bertz CT molecular complexity index is 319. The molecule has 0 heterocycles. The number of hydrogen-bond donors (Lipinski definition) is 3. The molecule has 0 fully saturated rings. The minimum absolute atomic E-state index is 0.110. The number of ketones is 1. The third-order valence-corrected chi connectivity index (χ3v) is 2.38. The summed E-state index contributed by atoms with van der Waals surface area (Å²) in [7, 11) is 0. The minimum Gasteiger partial charge on any atom is -0.468 e. The first-order chi connectivity index (χ1) is 9.88. The van der Waals surface area contributed by atoms with Crippen LogP contribution < -0.4 is 16.5 Å². The van der Waals surface area contributed by atoms with Gasteiger partial charge >= 0.3 is 0 Å². The van der Waals surface area contributed by atoms with Gasteiger partial charge in [-0.15, -0.1) is 0 Å². The second-order valence-corrected chi connectivity index (χ2v) is 4.82. The van der Waals surface area contributed by atoms with E-state index in [-0.39, 0.29) is 11.7 Å². The first-order valence-electron chi connectivity index (χ1n) is 7.05. The van der Waals surface area contributed by atoms with Gasteiger partial charge in [-0.3, -0.25) is 19.8 Å². The molecule has 7 heteroatoms. The van der Waals surface area contributed by atoms with Crippen LogP contribution in [0.5, 0.6) is 0 Å². The zero-order chi connectivity index (χ0) is 16.7. The highest BCUT2D eigenvalue weighted by molar-refractivity contribution is 6.24. The number of carbonyl (C=O) groups excluding carboxylic acids is 3. The molecule has 0 rings (SSSR count). The summed E-state index contributed by atoms with van der Waals surface area (Å²) in [6.45, 7) is 7.16. The summed E-state index contributed by atoms with van der Waals surface area (Å²) < 4.78 is 4.15. The van der Waals surface area contributed by atoms with E-state index in [4.69, 9.17) is 11.1 Å². The third kappa shape index (κ3) is 16.2. The number of carbonyl (C=O) groups is 3. The molecule has 0 aromatic heterocycles. The monoisotopic (exact) mass is 302 g/mol. The average molecular weight is 302 g/mol.